The molecular formula is C13H16ClNO3. The summed E-state index contributed by atoms with van der Waals surface area (Å²) in [7, 11) is 1.59. The molecule has 0 aromatic heterocycles. The Labute approximate surface area is 111 Å². The third kappa shape index (κ3) is 3.15. The minimum atomic E-state index is -0.793. The zero-order valence-electron chi connectivity index (χ0n) is 10.1. The van der Waals surface area contributed by atoms with Crippen molar-refractivity contribution in [1.82, 2.24) is 5.32 Å². The van der Waals surface area contributed by atoms with E-state index in [1.807, 2.05) is 0 Å². The van der Waals surface area contributed by atoms with Gasteiger partial charge in [0, 0.05) is 17.1 Å². The van der Waals surface area contributed by atoms with E-state index in [-0.39, 0.29) is 5.92 Å². The fourth-order valence-electron chi connectivity index (χ4n) is 1.99. The van der Waals surface area contributed by atoms with Crippen LogP contribution in [0.4, 0.5) is 0 Å². The first-order valence-corrected chi connectivity index (χ1v) is 6.28. The molecule has 0 aliphatic heterocycles. The van der Waals surface area contributed by atoms with Crippen LogP contribution in [0.5, 0.6) is 5.75 Å². The summed E-state index contributed by atoms with van der Waals surface area (Å²) < 4.78 is 5.22. The molecule has 1 atom stereocenters. The van der Waals surface area contributed by atoms with E-state index in [0.29, 0.717) is 17.3 Å². The van der Waals surface area contributed by atoms with Gasteiger partial charge in [0.2, 0.25) is 0 Å². The van der Waals surface area contributed by atoms with Crippen molar-refractivity contribution in [2.45, 2.75) is 25.4 Å². The van der Waals surface area contributed by atoms with Crippen molar-refractivity contribution in [3.63, 3.8) is 0 Å². The van der Waals surface area contributed by atoms with E-state index in [9.17, 15) is 4.79 Å². The molecule has 1 unspecified atom stereocenters. The van der Waals surface area contributed by atoms with Gasteiger partial charge in [0.25, 0.3) is 0 Å². The molecule has 1 aliphatic carbocycles. The van der Waals surface area contributed by atoms with Crippen LogP contribution in [-0.2, 0) is 11.3 Å². The van der Waals surface area contributed by atoms with Gasteiger partial charge in [-0.1, -0.05) is 11.6 Å². The minimum absolute atomic E-state index is 0.257. The molecule has 1 saturated carbocycles. The van der Waals surface area contributed by atoms with E-state index in [0.717, 1.165) is 18.4 Å². The standard InChI is InChI=1S/C13H16ClNO3/c1-18-11-5-4-10(14)6-9(11)7-15-12(13(16)17)8-2-3-8/h4-6,8,12,15H,2-3,7H2,1H3,(H,16,17). The molecule has 0 heterocycles. The van der Waals surface area contributed by atoms with E-state index in [1.165, 1.54) is 0 Å². The minimum Gasteiger partial charge on any atom is -0.496 e. The normalized spacial score (nSPS) is 16.3. The van der Waals surface area contributed by atoms with E-state index in [2.05, 4.69) is 5.32 Å². The maximum Gasteiger partial charge on any atom is 0.320 e. The molecule has 1 aliphatic rings. The highest BCUT2D eigenvalue weighted by Crippen LogP contribution is 2.33. The maximum absolute atomic E-state index is 11.1. The first kappa shape index (κ1) is 13.2. The Hall–Kier alpha value is -1.26. The van der Waals surface area contributed by atoms with Crippen LogP contribution >= 0.6 is 11.6 Å². The van der Waals surface area contributed by atoms with Crippen LogP contribution in [0.25, 0.3) is 0 Å². The maximum atomic E-state index is 11.1. The van der Waals surface area contributed by atoms with Crippen LogP contribution in [0.3, 0.4) is 0 Å². The van der Waals surface area contributed by atoms with Gasteiger partial charge in [-0.2, -0.15) is 0 Å². The van der Waals surface area contributed by atoms with Gasteiger partial charge in [-0.15, -0.1) is 0 Å². The van der Waals surface area contributed by atoms with Gasteiger partial charge in [0.1, 0.15) is 11.8 Å². The number of hydrogen-bond acceptors (Lipinski definition) is 3. The van der Waals surface area contributed by atoms with Crippen molar-refractivity contribution in [2.24, 2.45) is 5.92 Å². The van der Waals surface area contributed by atoms with Crippen LogP contribution in [-0.4, -0.2) is 24.2 Å². The molecule has 2 rings (SSSR count). The Morgan fingerprint density at radius 2 is 2.33 bits per heavy atom. The van der Waals surface area contributed by atoms with Crippen molar-refractivity contribution in [2.75, 3.05) is 7.11 Å². The lowest BCUT2D eigenvalue weighted by molar-refractivity contribution is -0.140. The van der Waals surface area contributed by atoms with E-state index < -0.39 is 12.0 Å². The van der Waals surface area contributed by atoms with Gasteiger partial charge >= 0.3 is 5.97 Å². The zero-order valence-corrected chi connectivity index (χ0v) is 10.9. The Kier molecular flexibility index (Phi) is 4.09. The van der Waals surface area contributed by atoms with Crippen molar-refractivity contribution in [3.8, 4) is 5.75 Å². The second-order valence-corrected chi connectivity index (χ2v) is 4.93. The average Bonchev–Trinajstić information content (AvgIpc) is 3.13. The summed E-state index contributed by atoms with van der Waals surface area (Å²) in [5.74, 6) is 0.179. The average molecular weight is 270 g/mol. The second kappa shape index (κ2) is 5.59. The summed E-state index contributed by atoms with van der Waals surface area (Å²) in [5.41, 5.74) is 0.872. The van der Waals surface area contributed by atoms with Crippen LogP contribution < -0.4 is 10.1 Å². The van der Waals surface area contributed by atoms with Gasteiger partial charge in [-0.05, 0) is 37.0 Å². The first-order valence-electron chi connectivity index (χ1n) is 5.90. The van der Waals surface area contributed by atoms with Gasteiger partial charge < -0.3 is 9.84 Å². The Bertz CT molecular complexity index is 446. The number of carboxylic acid groups (broad SMARTS) is 1. The first-order chi connectivity index (χ1) is 8.61. The molecule has 0 amide bonds. The van der Waals surface area contributed by atoms with Gasteiger partial charge in [0.15, 0.2) is 0 Å². The smallest absolute Gasteiger partial charge is 0.320 e. The highest BCUT2D eigenvalue weighted by molar-refractivity contribution is 6.30. The topological polar surface area (TPSA) is 58.6 Å². The van der Waals surface area contributed by atoms with Gasteiger partial charge in [-0.3, -0.25) is 10.1 Å². The van der Waals surface area contributed by atoms with Crippen molar-refractivity contribution < 1.29 is 14.6 Å². The van der Waals surface area contributed by atoms with Crippen LogP contribution in [0.15, 0.2) is 18.2 Å². The number of aliphatic carboxylic acids is 1. The molecule has 98 valence electrons. The number of benzene rings is 1. The SMILES string of the molecule is COc1ccc(Cl)cc1CNC(C(=O)O)C1CC1. The summed E-state index contributed by atoms with van der Waals surface area (Å²) in [5, 5.41) is 12.8. The van der Waals surface area contributed by atoms with Crippen molar-refractivity contribution in [3.05, 3.63) is 28.8 Å². The number of nitrogens with one attached hydrogen (secondary N) is 1. The molecule has 2 N–H and O–H groups in total. The highest BCUT2D eigenvalue weighted by atomic mass is 35.5. The second-order valence-electron chi connectivity index (χ2n) is 4.49. The molecule has 1 fully saturated rings. The lowest BCUT2D eigenvalue weighted by Gasteiger charge is -2.15. The molecule has 0 spiro atoms. The molecule has 0 radical (unpaired) electrons. The third-order valence-corrected chi connectivity index (χ3v) is 3.35. The zero-order chi connectivity index (χ0) is 13.1. The number of carbonyl (C=O) groups is 1. The third-order valence-electron chi connectivity index (χ3n) is 3.11. The quantitative estimate of drug-likeness (QED) is 0.832. The summed E-state index contributed by atoms with van der Waals surface area (Å²) in [6.07, 6.45) is 1.97. The van der Waals surface area contributed by atoms with Gasteiger partial charge in [0.05, 0.1) is 7.11 Å². The van der Waals surface area contributed by atoms with Crippen molar-refractivity contribution in [1.29, 1.82) is 0 Å². The number of ether oxygens (including phenoxy) is 1. The van der Waals surface area contributed by atoms with Crippen LogP contribution in [0.1, 0.15) is 18.4 Å². The predicted octanol–water partition coefficient (Wildman–Crippen LogP) is 2.30. The molecule has 0 bridgehead atoms. The van der Waals surface area contributed by atoms with Crippen LogP contribution in [0, 0.1) is 5.92 Å². The molecule has 1 aromatic rings. The molecule has 5 heteroatoms. The van der Waals surface area contributed by atoms with Crippen LogP contribution in [0.2, 0.25) is 5.02 Å². The van der Waals surface area contributed by atoms with E-state index >= 15 is 0 Å². The summed E-state index contributed by atoms with van der Waals surface area (Å²) >= 11 is 5.93. The monoisotopic (exact) mass is 269 g/mol. The fraction of sp³-hybridized carbons (Fsp3) is 0.462. The lowest BCUT2D eigenvalue weighted by atomic mass is 10.1. The summed E-state index contributed by atoms with van der Waals surface area (Å²) in [6.45, 7) is 0.442. The Morgan fingerprint density at radius 3 is 2.89 bits per heavy atom. The van der Waals surface area contributed by atoms with Gasteiger partial charge in [-0.25, -0.2) is 0 Å². The van der Waals surface area contributed by atoms with E-state index in [4.69, 9.17) is 21.4 Å². The summed E-state index contributed by atoms with van der Waals surface area (Å²) in [6, 6.07) is 4.85. The predicted molar refractivity (Wildman–Crippen MR) is 69.0 cm³/mol. The number of rotatable bonds is 6. The molecule has 1 aromatic carbocycles. The molecule has 4 nitrogen and oxygen atoms in total. The number of hydrogen-bond donors (Lipinski definition) is 2. The number of methoxy groups -OCH3 is 1. The number of halogens is 1. The lowest BCUT2D eigenvalue weighted by Crippen LogP contribution is -2.38. The molecule has 0 saturated heterocycles. The Morgan fingerprint density at radius 1 is 1.61 bits per heavy atom. The fourth-order valence-corrected chi connectivity index (χ4v) is 2.19. The number of carboxylic acids is 1. The molecule has 18 heavy (non-hydrogen) atoms. The summed E-state index contributed by atoms with van der Waals surface area (Å²) in [4.78, 5) is 11.1. The highest BCUT2D eigenvalue weighted by Gasteiger charge is 2.35. The Balaban J connectivity index is 2.04. The van der Waals surface area contributed by atoms with E-state index in [1.54, 1.807) is 25.3 Å². The largest absolute Gasteiger partial charge is 0.496 e. The molecular weight excluding hydrogens is 254 g/mol. The van der Waals surface area contributed by atoms with Crippen molar-refractivity contribution >= 4 is 17.6 Å².